The lowest BCUT2D eigenvalue weighted by Gasteiger charge is -2.20. The first-order valence-corrected chi connectivity index (χ1v) is 7.11. The molecular formula is C15H21ClN2. The minimum Gasteiger partial charge on any atom is -0.316 e. The van der Waals surface area contributed by atoms with Gasteiger partial charge in [-0.25, -0.2) is 0 Å². The van der Waals surface area contributed by atoms with Crippen molar-refractivity contribution in [1.82, 2.24) is 10.3 Å². The largest absolute Gasteiger partial charge is 0.316 e. The lowest BCUT2D eigenvalue weighted by Crippen LogP contribution is -2.28. The number of rotatable bonds is 5. The summed E-state index contributed by atoms with van der Waals surface area (Å²) in [6.45, 7) is 0. The van der Waals surface area contributed by atoms with Crippen molar-refractivity contribution < 1.29 is 0 Å². The van der Waals surface area contributed by atoms with Crippen LogP contribution in [0, 0.1) is 0 Å². The van der Waals surface area contributed by atoms with E-state index in [0.717, 1.165) is 17.9 Å². The summed E-state index contributed by atoms with van der Waals surface area (Å²) in [5.41, 5.74) is 2.79. The summed E-state index contributed by atoms with van der Waals surface area (Å²) in [5, 5.41) is 4.18. The van der Waals surface area contributed by atoms with Gasteiger partial charge in [0.2, 0.25) is 0 Å². The molecule has 2 rings (SSSR count). The highest BCUT2D eigenvalue weighted by molar-refractivity contribution is 6.31. The molecule has 1 N–H and O–H groups in total. The number of likely N-dealkylation sites (N-methyl/N-ethyl adjacent to an activating group) is 1. The van der Waals surface area contributed by atoms with Crippen LogP contribution in [0.25, 0.3) is 0 Å². The number of halogens is 1. The molecule has 1 aromatic heterocycles. The van der Waals surface area contributed by atoms with E-state index in [1.54, 1.807) is 11.8 Å². The van der Waals surface area contributed by atoms with E-state index >= 15 is 0 Å². The number of aromatic nitrogens is 1. The summed E-state index contributed by atoms with van der Waals surface area (Å²) in [5.74, 6) is 0. The van der Waals surface area contributed by atoms with Gasteiger partial charge in [0.25, 0.3) is 0 Å². The molecule has 1 aromatic rings. The third kappa shape index (κ3) is 3.82. The van der Waals surface area contributed by atoms with Gasteiger partial charge in [0, 0.05) is 18.4 Å². The topological polar surface area (TPSA) is 24.9 Å². The maximum absolute atomic E-state index is 6.16. The number of hydrogen-bond acceptors (Lipinski definition) is 2. The zero-order valence-electron chi connectivity index (χ0n) is 11.0. The molecule has 3 heteroatoms. The van der Waals surface area contributed by atoms with Crippen LogP contribution in [-0.2, 0) is 6.42 Å². The molecule has 0 amide bonds. The lowest BCUT2D eigenvalue weighted by atomic mass is 9.92. The predicted molar refractivity (Wildman–Crippen MR) is 77.0 cm³/mol. The molecule has 0 bridgehead atoms. The van der Waals surface area contributed by atoms with E-state index < -0.39 is 0 Å². The first kappa shape index (κ1) is 13.6. The first-order valence-electron chi connectivity index (χ1n) is 6.73. The molecule has 1 aliphatic rings. The molecule has 0 aromatic carbocycles. The molecule has 98 valence electrons. The van der Waals surface area contributed by atoms with Gasteiger partial charge >= 0.3 is 0 Å². The second-order valence-corrected chi connectivity index (χ2v) is 5.38. The van der Waals surface area contributed by atoms with Gasteiger partial charge in [-0.2, -0.15) is 0 Å². The van der Waals surface area contributed by atoms with Gasteiger partial charge in [0.15, 0.2) is 0 Å². The second-order valence-electron chi connectivity index (χ2n) is 4.97. The predicted octanol–water partition coefficient (Wildman–Crippen LogP) is 3.76. The monoisotopic (exact) mass is 264 g/mol. The summed E-state index contributed by atoms with van der Waals surface area (Å²) >= 11 is 6.16. The average molecular weight is 265 g/mol. The van der Waals surface area contributed by atoms with Gasteiger partial charge in [0.05, 0.1) is 5.02 Å². The molecule has 0 saturated heterocycles. The summed E-state index contributed by atoms with van der Waals surface area (Å²) in [6, 6.07) is 2.48. The van der Waals surface area contributed by atoms with Gasteiger partial charge in [-0.3, -0.25) is 4.98 Å². The zero-order chi connectivity index (χ0) is 12.8. The Morgan fingerprint density at radius 3 is 2.94 bits per heavy atom. The Balaban J connectivity index is 1.97. The average Bonchev–Trinajstić information content (AvgIpc) is 2.41. The van der Waals surface area contributed by atoms with Gasteiger partial charge < -0.3 is 5.32 Å². The van der Waals surface area contributed by atoms with Gasteiger partial charge in [-0.1, -0.05) is 23.3 Å². The molecule has 2 nitrogen and oxygen atoms in total. The summed E-state index contributed by atoms with van der Waals surface area (Å²) in [6.07, 6.45) is 13.3. The van der Waals surface area contributed by atoms with Crippen LogP contribution in [0.4, 0.5) is 0 Å². The molecule has 1 heterocycles. The Kier molecular flexibility index (Phi) is 5.21. The van der Waals surface area contributed by atoms with E-state index in [1.165, 1.54) is 31.2 Å². The first-order chi connectivity index (χ1) is 8.79. The molecule has 18 heavy (non-hydrogen) atoms. The van der Waals surface area contributed by atoms with Crippen LogP contribution in [-0.4, -0.2) is 18.1 Å². The van der Waals surface area contributed by atoms with E-state index in [9.17, 15) is 0 Å². The third-order valence-corrected chi connectivity index (χ3v) is 3.96. The van der Waals surface area contributed by atoms with E-state index in [4.69, 9.17) is 11.6 Å². The minimum atomic E-state index is 0.467. The smallest absolute Gasteiger partial charge is 0.0621 e. The van der Waals surface area contributed by atoms with Crippen LogP contribution in [0.2, 0.25) is 5.02 Å². The molecule has 0 radical (unpaired) electrons. The van der Waals surface area contributed by atoms with Gasteiger partial charge in [0.1, 0.15) is 0 Å². The number of pyridine rings is 1. The zero-order valence-corrected chi connectivity index (χ0v) is 11.7. The van der Waals surface area contributed by atoms with Crippen molar-refractivity contribution in [3.63, 3.8) is 0 Å². The number of nitrogens with one attached hydrogen (secondary N) is 1. The Morgan fingerprint density at radius 2 is 2.28 bits per heavy atom. The molecule has 1 unspecified atom stereocenters. The normalized spacial score (nSPS) is 17.3. The number of hydrogen-bond donors (Lipinski definition) is 1. The Labute approximate surface area is 114 Å². The van der Waals surface area contributed by atoms with Crippen LogP contribution in [0.15, 0.2) is 30.1 Å². The van der Waals surface area contributed by atoms with Crippen LogP contribution >= 0.6 is 11.6 Å². The van der Waals surface area contributed by atoms with Gasteiger partial charge in [-0.15, -0.1) is 0 Å². The fraction of sp³-hybridized carbons (Fsp3) is 0.533. The van der Waals surface area contributed by atoms with Crippen LogP contribution < -0.4 is 5.32 Å². The second kappa shape index (κ2) is 6.91. The fourth-order valence-electron chi connectivity index (χ4n) is 2.52. The summed E-state index contributed by atoms with van der Waals surface area (Å²) < 4.78 is 0. The van der Waals surface area contributed by atoms with E-state index in [1.807, 2.05) is 19.3 Å². The SMILES string of the molecule is CNC(CC1=CCCCC1)Cc1ccncc1Cl. The number of allylic oxidation sites excluding steroid dienone is 1. The highest BCUT2D eigenvalue weighted by Gasteiger charge is 2.13. The maximum atomic E-state index is 6.16. The molecule has 0 fully saturated rings. The van der Waals surface area contributed by atoms with E-state index in [-0.39, 0.29) is 0 Å². The molecule has 0 aliphatic heterocycles. The van der Waals surface area contributed by atoms with E-state index in [2.05, 4.69) is 16.4 Å². The fourth-order valence-corrected chi connectivity index (χ4v) is 2.71. The maximum Gasteiger partial charge on any atom is 0.0621 e. The lowest BCUT2D eigenvalue weighted by molar-refractivity contribution is 0.532. The summed E-state index contributed by atoms with van der Waals surface area (Å²) in [7, 11) is 2.03. The Bertz CT molecular complexity index is 415. The van der Waals surface area contributed by atoms with Crippen LogP contribution in [0.3, 0.4) is 0 Å². The molecule has 0 saturated carbocycles. The Morgan fingerprint density at radius 1 is 1.39 bits per heavy atom. The standard InChI is InChI=1S/C15H21ClN2/c1-17-14(9-12-5-3-2-4-6-12)10-13-7-8-18-11-15(13)16/h5,7-8,11,14,17H,2-4,6,9-10H2,1H3. The molecule has 1 aliphatic carbocycles. The van der Waals surface area contributed by atoms with Crippen LogP contribution in [0.1, 0.15) is 37.7 Å². The van der Waals surface area contributed by atoms with Crippen molar-refractivity contribution in [1.29, 1.82) is 0 Å². The third-order valence-electron chi connectivity index (χ3n) is 3.62. The van der Waals surface area contributed by atoms with E-state index in [0.29, 0.717) is 6.04 Å². The van der Waals surface area contributed by atoms with Crippen molar-refractivity contribution in [3.05, 3.63) is 40.7 Å². The molecule has 0 spiro atoms. The Hall–Kier alpha value is -0.860. The van der Waals surface area contributed by atoms with Crippen molar-refractivity contribution in [2.24, 2.45) is 0 Å². The van der Waals surface area contributed by atoms with Gasteiger partial charge in [-0.05, 0) is 57.2 Å². The molecule has 1 atom stereocenters. The summed E-state index contributed by atoms with van der Waals surface area (Å²) in [4.78, 5) is 4.03. The minimum absolute atomic E-state index is 0.467. The van der Waals surface area contributed by atoms with Crippen molar-refractivity contribution in [2.75, 3.05) is 7.05 Å². The van der Waals surface area contributed by atoms with Crippen molar-refractivity contribution in [2.45, 2.75) is 44.6 Å². The number of nitrogens with zero attached hydrogens (tertiary/aromatic N) is 1. The van der Waals surface area contributed by atoms with Crippen molar-refractivity contribution >= 4 is 11.6 Å². The highest BCUT2D eigenvalue weighted by atomic mass is 35.5. The van der Waals surface area contributed by atoms with Crippen molar-refractivity contribution in [3.8, 4) is 0 Å². The highest BCUT2D eigenvalue weighted by Crippen LogP contribution is 2.23. The quantitative estimate of drug-likeness (QED) is 0.820. The molecular weight excluding hydrogens is 244 g/mol. The van der Waals surface area contributed by atoms with Crippen LogP contribution in [0.5, 0.6) is 0 Å².